The van der Waals surface area contributed by atoms with Crippen LogP contribution in [0.1, 0.15) is 48.6 Å². The van der Waals surface area contributed by atoms with Crippen LogP contribution in [0.2, 0.25) is 5.02 Å². The number of pyridine rings is 1. The number of nitrogens with zero attached hydrogens (tertiary/aromatic N) is 2. The molecule has 6 nitrogen and oxygen atoms in total. The highest BCUT2D eigenvalue weighted by Gasteiger charge is 2.41. The molecule has 0 saturated carbocycles. The SMILES string of the molecule is Cc1cc([C@@H]2[C@@H](c3ccccn3)NC(=S)N2c2ccc(NC(=O)C(C)C)c(Cl)c2)c(C)[nH]1. The number of halogens is 1. The van der Waals surface area contributed by atoms with Crippen molar-refractivity contribution >= 4 is 46.2 Å². The molecule has 1 saturated heterocycles. The van der Waals surface area contributed by atoms with Gasteiger partial charge in [-0.25, -0.2) is 0 Å². The molecule has 0 unspecified atom stereocenters. The molecule has 1 aliphatic heterocycles. The number of anilines is 2. The van der Waals surface area contributed by atoms with Gasteiger partial charge in [0.05, 0.1) is 28.5 Å². The van der Waals surface area contributed by atoms with Gasteiger partial charge in [0.2, 0.25) is 5.91 Å². The Hall–Kier alpha value is -2.90. The van der Waals surface area contributed by atoms with Gasteiger partial charge in [-0.1, -0.05) is 31.5 Å². The van der Waals surface area contributed by atoms with E-state index in [2.05, 4.69) is 38.5 Å². The van der Waals surface area contributed by atoms with Crippen LogP contribution >= 0.6 is 23.8 Å². The minimum Gasteiger partial charge on any atom is -0.362 e. The van der Waals surface area contributed by atoms with E-state index in [1.165, 1.54) is 0 Å². The van der Waals surface area contributed by atoms with Crippen LogP contribution < -0.4 is 15.5 Å². The van der Waals surface area contributed by atoms with Crippen molar-refractivity contribution in [1.29, 1.82) is 0 Å². The van der Waals surface area contributed by atoms with Crippen LogP contribution in [-0.4, -0.2) is 21.0 Å². The number of rotatable bonds is 5. The minimum absolute atomic E-state index is 0.0791. The predicted octanol–water partition coefficient (Wildman–Crippen LogP) is 5.45. The van der Waals surface area contributed by atoms with Gasteiger partial charge >= 0.3 is 0 Å². The highest BCUT2D eigenvalue weighted by atomic mass is 35.5. The molecule has 0 bridgehead atoms. The Balaban J connectivity index is 1.76. The number of amides is 1. The van der Waals surface area contributed by atoms with E-state index >= 15 is 0 Å². The molecule has 8 heteroatoms. The maximum atomic E-state index is 12.1. The van der Waals surface area contributed by atoms with Crippen LogP contribution in [0.25, 0.3) is 0 Å². The van der Waals surface area contributed by atoms with Crippen molar-refractivity contribution in [3.8, 4) is 0 Å². The summed E-state index contributed by atoms with van der Waals surface area (Å²) in [4.78, 5) is 22.2. The maximum Gasteiger partial charge on any atom is 0.226 e. The molecule has 3 aromatic rings. The van der Waals surface area contributed by atoms with E-state index in [1.807, 2.05) is 57.2 Å². The van der Waals surface area contributed by atoms with E-state index in [0.717, 1.165) is 28.3 Å². The summed E-state index contributed by atoms with van der Waals surface area (Å²) in [5, 5.41) is 7.38. The molecular formula is C24H26ClN5OS. The summed E-state index contributed by atoms with van der Waals surface area (Å²) in [6.07, 6.45) is 1.79. The van der Waals surface area contributed by atoms with Gasteiger partial charge in [-0.05, 0) is 68.0 Å². The Bertz CT molecular complexity index is 1160. The average molecular weight is 468 g/mol. The normalized spacial score (nSPS) is 18.2. The summed E-state index contributed by atoms with van der Waals surface area (Å²) in [5.41, 5.74) is 5.64. The lowest BCUT2D eigenvalue weighted by Gasteiger charge is -2.28. The van der Waals surface area contributed by atoms with Crippen molar-refractivity contribution in [2.75, 3.05) is 10.2 Å². The Labute approximate surface area is 198 Å². The molecular weight excluding hydrogens is 442 g/mol. The molecule has 4 rings (SSSR count). The number of H-pyrrole nitrogens is 1. The lowest BCUT2D eigenvalue weighted by molar-refractivity contribution is -0.118. The number of hydrogen-bond donors (Lipinski definition) is 3. The first-order valence-electron chi connectivity index (χ1n) is 10.5. The molecule has 1 aromatic carbocycles. The number of thiocarbonyl (C=S) groups is 1. The molecule has 0 radical (unpaired) electrons. The van der Waals surface area contributed by atoms with Gasteiger partial charge < -0.3 is 20.5 Å². The maximum absolute atomic E-state index is 12.1. The summed E-state index contributed by atoms with van der Waals surface area (Å²) in [6.45, 7) is 7.79. The zero-order chi connectivity index (χ0) is 23.0. The summed E-state index contributed by atoms with van der Waals surface area (Å²) in [5.74, 6) is -0.214. The molecule has 3 heterocycles. The third-order valence-electron chi connectivity index (χ3n) is 5.62. The van der Waals surface area contributed by atoms with Gasteiger partial charge in [0, 0.05) is 29.2 Å². The van der Waals surface area contributed by atoms with E-state index in [4.69, 9.17) is 23.8 Å². The molecule has 32 heavy (non-hydrogen) atoms. The molecule has 1 aliphatic rings. The topological polar surface area (TPSA) is 73.1 Å². The molecule has 2 atom stereocenters. The third-order valence-corrected chi connectivity index (χ3v) is 6.25. The van der Waals surface area contributed by atoms with Crippen molar-refractivity contribution < 1.29 is 4.79 Å². The molecule has 1 amide bonds. The lowest BCUT2D eigenvalue weighted by atomic mass is 9.96. The van der Waals surface area contributed by atoms with Crippen LogP contribution in [0, 0.1) is 19.8 Å². The Morgan fingerprint density at radius 2 is 2.00 bits per heavy atom. The number of aromatic nitrogens is 2. The Kier molecular flexibility index (Phi) is 6.22. The number of hydrogen-bond acceptors (Lipinski definition) is 3. The lowest BCUT2D eigenvalue weighted by Crippen LogP contribution is -2.29. The summed E-state index contributed by atoms with van der Waals surface area (Å²) in [7, 11) is 0. The van der Waals surface area contributed by atoms with Crippen molar-refractivity contribution in [2.24, 2.45) is 5.92 Å². The van der Waals surface area contributed by atoms with Crippen molar-refractivity contribution in [1.82, 2.24) is 15.3 Å². The Morgan fingerprint density at radius 3 is 2.59 bits per heavy atom. The average Bonchev–Trinajstić information content (AvgIpc) is 3.27. The van der Waals surface area contributed by atoms with Gasteiger partial charge in [-0.3, -0.25) is 9.78 Å². The van der Waals surface area contributed by atoms with Gasteiger partial charge in [0.1, 0.15) is 0 Å². The first kappa shape index (κ1) is 22.3. The second-order valence-electron chi connectivity index (χ2n) is 8.34. The molecule has 2 aromatic heterocycles. The number of nitrogens with one attached hydrogen (secondary N) is 3. The quantitative estimate of drug-likeness (QED) is 0.435. The fourth-order valence-electron chi connectivity index (χ4n) is 4.03. The number of aromatic amines is 1. The second-order valence-corrected chi connectivity index (χ2v) is 9.13. The summed E-state index contributed by atoms with van der Waals surface area (Å²) in [6, 6.07) is 13.4. The zero-order valence-corrected chi connectivity index (χ0v) is 20.0. The van der Waals surface area contributed by atoms with Gasteiger partial charge in [-0.15, -0.1) is 0 Å². The summed E-state index contributed by atoms with van der Waals surface area (Å²) >= 11 is 12.3. The van der Waals surface area contributed by atoms with Crippen LogP contribution in [0.3, 0.4) is 0 Å². The molecule has 0 aliphatic carbocycles. The molecule has 3 N–H and O–H groups in total. The molecule has 166 valence electrons. The zero-order valence-electron chi connectivity index (χ0n) is 18.4. The fraction of sp³-hybridized carbons (Fsp3) is 0.292. The molecule has 0 spiro atoms. The second kappa shape index (κ2) is 8.92. The monoisotopic (exact) mass is 467 g/mol. The Morgan fingerprint density at radius 1 is 1.22 bits per heavy atom. The van der Waals surface area contributed by atoms with Crippen molar-refractivity contribution in [2.45, 2.75) is 39.8 Å². The summed E-state index contributed by atoms with van der Waals surface area (Å²) < 4.78 is 0. The van der Waals surface area contributed by atoms with Crippen LogP contribution in [0.15, 0.2) is 48.7 Å². The van der Waals surface area contributed by atoms with E-state index in [0.29, 0.717) is 15.8 Å². The van der Waals surface area contributed by atoms with Crippen LogP contribution in [-0.2, 0) is 4.79 Å². The third kappa shape index (κ3) is 4.23. The van der Waals surface area contributed by atoms with Gasteiger partial charge in [0.25, 0.3) is 0 Å². The van der Waals surface area contributed by atoms with Gasteiger partial charge in [-0.2, -0.15) is 0 Å². The minimum atomic E-state index is -0.135. The number of carbonyl (C=O) groups excluding carboxylic acids is 1. The standard InChI is InChI=1S/C24H26ClN5OS/c1-13(2)23(31)28-19-9-8-16(12-18(19)25)30-22(17-11-14(3)27-15(17)4)21(29-24(30)32)20-7-5-6-10-26-20/h5-13,21-22,27H,1-4H3,(H,28,31)(H,29,32)/t21-,22-/m1/s1. The fourth-order valence-corrected chi connectivity index (χ4v) is 4.60. The van der Waals surface area contributed by atoms with Crippen molar-refractivity contribution in [3.63, 3.8) is 0 Å². The van der Waals surface area contributed by atoms with Crippen molar-refractivity contribution in [3.05, 3.63) is 76.3 Å². The van der Waals surface area contributed by atoms with E-state index in [9.17, 15) is 4.79 Å². The van der Waals surface area contributed by atoms with E-state index < -0.39 is 0 Å². The largest absolute Gasteiger partial charge is 0.362 e. The number of benzene rings is 1. The highest BCUT2D eigenvalue weighted by Crippen LogP contribution is 2.43. The predicted molar refractivity (Wildman–Crippen MR) is 133 cm³/mol. The van der Waals surface area contributed by atoms with Crippen LogP contribution in [0.5, 0.6) is 0 Å². The first-order valence-corrected chi connectivity index (χ1v) is 11.3. The smallest absolute Gasteiger partial charge is 0.226 e. The number of carbonyl (C=O) groups is 1. The van der Waals surface area contributed by atoms with E-state index in [-0.39, 0.29) is 23.9 Å². The van der Waals surface area contributed by atoms with Gasteiger partial charge in [0.15, 0.2) is 5.11 Å². The molecule has 1 fully saturated rings. The van der Waals surface area contributed by atoms with E-state index in [1.54, 1.807) is 6.20 Å². The first-order chi connectivity index (χ1) is 15.3. The highest BCUT2D eigenvalue weighted by molar-refractivity contribution is 7.80. The van der Waals surface area contributed by atoms with Crippen LogP contribution in [0.4, 0.5) is 11.4 Å². The number of aryl methyl sites for hydroxylation is 2.